The molecule has 0 bridgehead atoms. The van der Waals surface area contributed by atoms with Crippen LogP contribution in [-0.2, 0) is 4.74 Å². The molecule has 0 aliphatic rings. The molecule has 0 atom stereocenters. The van der Waals surface area contributed by atoms with Gasteiger partial charge in [0.2, 0.25) is 0 Å². The summed E-state index contributed by atoms with van der Waals surface area (Å²) in [6.07, 6.45) is 2.24. The van der Waals surface area contributed by atoms with Gasteiger partial charge in [-0.1, -0.05) is 13.8 Å². The smallest absolute Gasteiger partial charge is 0.0637 e. The molecule has 0 saturated heterocycles. The first kappa shape index (κ1) is 15.3. The van der Waals surface area contributed by atoms with Crippen LogP contribution in [0, 0.1) is 0 Å². The van der Waals surface area contributed by atoms with Gasteiger partial charge in [0.05, 0.1) is 12.3 Å². The Labute approximate surface area is 118 Å². The second-order valence-electron chi connectivity index (χ2n) is 4.37. The molecule has 1 rings (SSSR count). The lowest BCUT2D eigenvalue weighted by atomic mass is 10.1. The van der Waals surface area contributed by atoms with E-state index in [1.165, 1.54) is 5.69 Å². The summed E-state index contributed by atoms with van der Waals surface area (Å²) in [5.74, 6) is 0. The van der Waals surface area contributed by atoms with Crippen molar-refractivity contribution in [3.8, 4) is 0 Å². The zero-order valence-electron chi connectivity index (χ0n) is 11.4. The molecule has 2 N–H and O–H groups in total. The van der Waals surface area contributed by atoms with Gasteiger partial charge in [-0.15, -0.1) is 0 Å². The van der Waals surface area contributed by atoms with Gasteiger partial charge >= 0.3 is 0 Å². The molecule has 102 valence electrons. The highest BCUT2D eigenvalue weighted by atomic mass is 79.9. The Kier molecular flexibility index (Phi) is 6.50. The van der Waals surface area contributed by atoms with Gasteiger partial charge in [-0.05, 0) is 47.0 Å². The van der Waals surface area contributed by atoms with E-state index in [1.807, 2.05) is 12.1 Å². The summed E-state index contributed by atoms with van der Waals surface area (Å²) < 4.78 is 6.26. The van der Waals surface area contributed by atoms with Crippen LogP contribution >= 0.6 is 15.9 Å². The molecule has 4 heteroatoms. The van der Waals surface area contributed by atoms with Gasteiger partial charge in [0.1, 0.15) is 0 Å². The molecule has 0 amide bonds. The molecular weight excluding hydrogens is 292 g/mol. The van der Waals surface area contributed by atoms with E-state index in [1.54, 1.807) is 7.11 Å². The van der Waals surface area contributed by atoms with Crippen molar-refractivity contribution in [2.75, 3.05) is 30.9 Å². The van der Waals surface area contributed by atoms with Crippen LogP contribution in [0.1, 0.15) is 26.7 Å². The fourth-order valence-corrected chi connectivity index (χ4v) is 2.80. The summed E-state index contributed by atoms with van der Waals surface area (Å²) in [4.78, 5) is 2.40. The third-order valence-corrected chi connectivity index (χ3v) is 3.84. The number of methoxy groups -OCH3 is 1. The molecule has 0 fully saturated rings. The Hall–Kier alpha value is -0.740. The highest BCUT2D eigenvalue weighted by Crippen LogP contribution is 2.30. The summed E-state index contributed by atoms with van der Waals surface area (Å²) in [5.41, 5.74) is 7.76. The quantitative estimate of drug-likeness (QED) is 0.780. The first-order valence-corrected chi connectivity index (χ1v) is 7.23. The SMILES string of the molecule is CCC(CC)N(CCOC)c1ccc(N)cc1Br. The summed E-state index contributed by atoms with van der Waals surface area (Å²) >= 11 is 3.60. The minimum absolute atomic E-state index is 0.528. The first-order valence-electron chi connectivity index (χ1n) is 6.44. The summed E-state index contributed by atoms with van der Waals surface area (Å²) in [6, 6.07) is 6.51. The first-order chi connectivity index (χ1) is 8.63. The van der Waals surface area contributed by atoms with Gasteiger partial charge in [-0.2, -0.15) is 0 Å². The van der Waals surface area contributed by atoms with E-state index in [9.17, 15) is 0 Å². The van der Waals surface area contributed by atoms with Crippen LogP contribution in [0.4, 0.5) is 11.4 Å². The third kappa shape index (κ3) is 3.89. The van der Waals surface area contributed by atoms with Crippen LogP contribution in [0.2, 0.25) is 0 Å². The zero-order valence-corrected chi connectivity index (χ0v) is 13.0. The van der Waals surface area contributed by atoms with Crippen molar-refractivity contribution in [3.63, 3.8) is 0 Å². The number of rotatable bonds is 7. The van der Waals surface area contributed by atoms with Gasteiger partial charge in [-0.3, -0.25) is 0 Å². The van der Waals surface area contributed by atoms with Crippen molar-refractivity contribution >= 4 is 27.3 Å². The second-order valence-corrected chi connectivity index (χ2v) is 5.22. The fourth-order valence-electron chi connectivity index (χ4n) is 2.17. The number of hydrogen-bond acceptors (Lipinski definition) is 3. The lowest BCUT2D eigenvalue weighted by molar-refractivity contribution is 0.202. The average molecular weight is 315 g/mol. The Morgan fingerprint density at radius 2 is 2.00 bits per heavy atom. The average Bonchev–Trinajstić information content (AvgIpc) is 2.35. The van der Waals surface area contributed by atoms with Gasteiger partial charge in [0.15, 0.2) is 0 Å². The van der Waals surface area contributed by atoms with E-state index in [4.69, 9.17) is 10.5 Å². The van der Waals surface area contributed by atoms with Gasteiger partial charge in [0.25, 0.3) is 0 Å². The highest BCUT2D eigenvalue weighted by Gasteiger charge is 2.17. The predicted octanol–water partition coefficient (Wildman–Crippen LogP) is 3.67. The van der Waals surface area contributed by atoms with E-state index in [2.05, 4.69) is 40.7 Å². The Morgan fingerprint density at radius 3 is 2.50 bits per heavy atom. The molecule has 0 spiro atoms. The Bertz CT molecular complexity index is 367. The number of anilines is 2. The van der Waals surface area contributed by atoms with Crippen molar-refractivity contribution in [1.29, 1.82) is 0 Å². The third-order valence-electron chi connectivity index (χ3n) is 3.20. The fraction of sp³-hybridized carbons (Fsp3) is 0.571. The van der Waals surface area contributed by atoms with Crippen LogP contribution in [0.15, 0.2) is 22.7 Å². The molecule has 1 aromatic carbocycles. The summed E-state index contributed by atoms with van der Waals surface area (Å²) in [6.45, 7) is 6.07. The van der Waals surface area contributed by atoms with Crippen LogP contribution in [0.5, 0.6) is 0 Å². The van der Waals surface area contributed by atoms with Crippen LogP contribution in [0.25, 0.3) is 0 Å². The molecule has 0 aliphatic carbocycles. The zero-order chi connectivity index (χ0) is 13.5. The number of nitrogen functional groups attached to an aromatic ring is 1. The molecule has 0 unspecified atom stereocenters. The highest BCUT2D eigenvalue weighted by molar-refractivity contribution is 9.10. The van der Waals surface area contributed by atoms with E-state index >= 15 is 0 Å². The van der Waals surface area contributed by atoms with Gasteiger partial charge < -0.3 is 15.4 Å². The number of halogens is 1. The number of nitrogens with two attached hydrogens (primary N) is 1. The molecule has 0 aromatic heterocycles. The molecule has 1 aromatic rings. The maximum absolute atomic E-state index is 5.80. The normalized spacial score (nSPS) is 10.9. The van der Waals surface area contributed by atoms with Crippen molar-refractivity contribution in [3.05, 3.63) is 22.7 Å². The molecule has 0 radical (unpaired) electrons. The number of hydrogen-bond donors (Lipinski definition) is 1. The van der Waals surface area contributed by atoms with E-state index in [-0.39, 0.29) is 0 Å². The van der Waals surface area contributed by atoms with Crippen LogP contribution in [-0.4, -0.2) is 26.3 Å². The van der Waals surface area contributed by atoms with Gasteiger partial charge in [-0.25, -0.2) is 0 Å². The lowest BCUT2D eigenvalue weighted by Gasteiger charge is -2.33. The lowest BCUT2D eigenvalue weighted by Crippen LogP contribution is -2.37. The molecular formula is C14H23BrN2O. The summed E-state index contributed by atoms with van der Waals surface area (Å²) in [5, 5.41) is 0. The summed E-state index contributed by atoms with van der Waals surface area (Å²) in [7, 11) is 1.74. The minimum atomic E-state index is 0.528. The molecule has 0 saturated carbocycles. The minimum Gasteiger partial charge on any atom is -0.399 e. The van der Waals surface area contributed by atoms with Crippen molar-refractivity contribution in [2.24, 2.45) is 0 Å². The Morgan fingerprint density at radius 1 is 1.33 bits per heavy atom. The maximum Gasteiger partial charge on any atom is 0.0637 e. The topological polar surface area (TPSA) is 38.5 Å². The van der Waals surface area contributed by atoms with Gasteiger partial charge in [0, 0.05) is 29.9 Å². The predicted molar refractivity (Wildman–Crippen MR) is 82.1 cm³/mol. The Balaban J connectivity index is 3.00. The second kappa shape index (κ2) is 7.64. The monoisotopic (exact) mass is 314 g/mol. The van der Waals surface area contributed by atoms with Crippen LogP contribution in [0.3, 0.4) is 0 Å². The number of ether oxygens (including phenoxy) is 1. The standard InChI is InChI=1S/C14H23BrN2O/c1-4-12(5-2)17(8-9-18-3)14-7-6-11(16)10-13(14)15/h6-7,10,12H,4-5,8-9,16H2,1-3H3. The molecule has 3 nitrogen and oxygen atoms in total. The van der Waals surface area contributed by atoms with E-state index in [0.29, 0.717) is 6.04 Å². The van der Waals surface area contributed by atoms with E-state index in [0.717, 1.165) is 36.2 Å². The molecule has 18 heavy (non-hydrogen) atoms. The van der Waals surface area contributed by atoms with Crippen molar-refractivity contribution in [1.82, 2.24) is 0 Å². The van der Waals surface area contributed by atoms with Crippen molar-refractivity contribution in [2.45, 2.75) is 32.7 Å². The largest absolute Gasteiger partial charge is 0.399 e. The van der Waals surface area contributed by atoms with Crippen LogP contribution < -0.4 is 10.6 Å². The van der Waals surface area contributed by atoms with Crippen molar-refractivity contribution < 1.29 is 4.74 Å². The number of benzene rings is 1. The van der Waals surface area contributed by atoms with E-state index < -0.39 is 0 Å². The maximum atomic E-state index is 5.80. The molecule has 0 heterocycles. The number of nitrogens with zero attached hydrogens (tertiary/aromatic N) is 1. The molecule has 0 aliphatic heterocycles.